The van der Waals surface area contributed by atoms with Gasteiger partial charge in [0.25, 0.3) is 0 Å². The summed E-state index contributed by atoms with van der Waals surface area (Å²) in [5.41, 5.74) is 2.29. The van der Waals surface area contributed by atoms with Gasteiger partial charge in [-0.25, -0.2) is 4.98 Å². The van der Waals surface area contributed by atoms with Crippen LogP contribution in [0.1, 0.15) is 17.4 Å². The predicted octanol–water partition coefficient (Wildman–Crippen LogP) is 4.44. The van der Waals surface area contributed by atoms with Gasteiger partial charge in [-0.2, -0.15) is 0 Å². The zero-order valence-corrected chi connectivity index (χ0v) is 18.0. The van der Waals surface area contributed by atoms with Crippen LogP contribution < -0.4 is 15.4 Å². The first-order valence-corrected chi connectivity index (χ1v) is 10.8. The van der Waals surface area contributed by atoms with E-state index in [-0.39, 0.29) is 18.2 Å². The summed E-state index contributed by atoms with van der Waals surface area (Å²) in [4.78, 5) is 30.1. The van der Waals surface area contributed by atoms with Crippen molar-refractivity contribution in [2.24, 2.45) is 0 Å². The Hall–Kier alpha value is -3.17. The Balaban J connectivity index is 1.40. The molecule has 0 saturated carbocycles. The van der Waals surface area contributed by atoms with Crippen LogP contribution in [0.15, 0.2) is 46.4 Å². The minimum Gasteiger partial charge on any atom is -0.497 e. The lowest BCUT2D eigenvalue weighted by Gasteiger charge is -2.01. The van der Waals surface area contributed by atoms with E-state index in [1.807, 2.05) is 29.6 Å². The van der Waals surface area contributed by atoms with E-state index in [0.29, 0.717) is 23.0 Å². The molecule has 4 aromatic rings. The molecule has 154 valence electrons. The van der Waals surface area contributed by atoms with Crippen LogP contribution in [0.25, 0.3) is 21.5 Å². The van der Waals surface area contributed by atoms with E-state index in [2.05, 4.69) is 15.6 Å². The number of carbonyl (C=O) groups excluding carboxylic acids is 2. The van der Waals surface area contributed by atoms with Gasteiger partial charge >= 0.3 is 0 Å². The van der Waals surface area contributed by atoms with Crippen molar-refractivity contribution in [3.8, 4) is 16.3 Å². The number of amides is 2. The standard InChI is InChI=1S/C21H19N3O4S2/c1-12(25)22-9-15-4-6-19(30-15)17-11-29-21(23-17)24-20(26)7-13-10-28-18-8-14(27-2)3-5-16(13)18/h3-6,8,10-11H,7,9H2,1-2H3,(H,22,25)(H,23,24,26). The molecular weight excluding hydrogens is 422 g/mol. The molecule has 4 rings (SSSR count). The van der Waals surface area contributed by atoms with E-state index < -0.39 is 0 Å². The number of hydrogen-bond donors (Lipinski definition) is 2. The fraction of sp³-hybridized carbons (Fsp3) is 0.190. The number of hydrogen-bond acceptors (Lipinski definition) is 7. The van der Waals surface area contributed by atoms with Gasteiger partial charge in [-0.3, -0.25) is 9.59 Å². The van der Waals surface area contributed by atoms with E-state index in [1.165, 1.54) is 18.3 Å². The third-order valence-corrected chi connectivity index (χ3v) is 6.26. The summed E-state index contributed by atoms with van der Waals surface area (Å²) in [6, 6.07) is 9.46. The van der Waals surface area contributed by atoms with E-state index in [0.717, 1.165) is 26.4 Å². The van der Waals surface area contributed by atoms with E-state index >= 15 is 0 Å². The molecule has 2 N–H and O–H groups in total. The number of methoxy groups -OCH3 is 1. The number of carbonyl (C=O) groups is 2. The van der Waals surface area contributed by atoms with Crippen molar-refractivity contribution in [2.45, 2.75) is 19.9 Å². The van der Waals surface area contributed by atoms with Gasteiger partial charge in [0.15, 0.2) is 5.13 Å². The van der Waals surface area contributed by atoms with E-state index in [1.54, 1.807) is 30.8 Å². The smallest absolute Gasteiger partial charge is 0.230 e. The van der Waals surface area contributed by atoms with Gasteiger partial charge in [0, 0.05) is 34.2 Å². The molecule has 0 saturated heterocycles. The maximum Gasteiger partial charge on any atom is 0.230 e. The first kappa shape index (κ1) is 20.1. The van der Waals surface area contributed by atoms with Crippen LogP contribution in [-0.4, -0.2) is 23.9 Å². The molecule has 0 aliphatic rings. The number of ether oxygens (including phenoxy) is 1. The lowest BCUT2D eigenvalue weighted by Crippen LogP contribution is -2.17. The van der Waals surface area contributed by atoms with Crippen molar-refractivity contribution < 1.29 is 18.7 Å². The molecule has 0 aliphatic carbocycles. The average Bonchev–Trinajstić information content (AvgIpc) is 3.46. The fourth-order valence-corrected chi connectivity index (χ4v) is 4.64. The second-order valence-corrected chi connectivity index (χ2v) is 8.59. The van der Waals surface area contributed by atoms with E-state index in [4.69, 9.17) is 9.15 Å². The third kappa shape index (κ3) is 4.52. The number of benzene rings is 1. The van der Waals surface area contributed by atoms with Crippen LogP contribution in [0, 0.1) is 0 Å². The largest absolute Gasteiger partial charge is 0.497 e. The van der Waals surface area contributed by atoms with Crippen LogP contribution in [0.3, 0.4) is 0 Å². The second kappa shape index (κ2) is 8.68. The van der Waals surface area contributed by atoms with Crippen molar-refractivity contribution in [3.63, 3.8) is 0 Å². The number of thiophene rings is 1. The molecule has 0 atom stereocenters. The van der Waals surface area contributed by atoms with Gasteiger partial charge in [-0.05, 0) is 24.3 Å². The molecule has 0 bridgehead atoms. The Morgan fingerprint density at radius 1 is 1.23 bits per heavy atom. The van der Waals surface area contributed by atoms with Gasteiger partial charge in [0.1, 0.15) is 11.3 Å². The number of anilines is 1. The van der Waals surface area contributed by atoms with Crippen molar-refractivity contribution in [3.05, 3.63) is 52.4 Å². The highest BCUT2D eigenvalue weighted by Gasteiger charge is 2.14. The normalized spacial score (nSPS) is 10.9. The molecule has 30 heavy (non-hydrogen) atoms. The molecule has 7 nitrogen and oxygen atoms in total. The summed E-state index contributed by atoms with van der Waals surface area (Å²) in [6.45, 7) is 1.99. The predicted molar refractivity (Wildman–Crippen MR) is 118 cm³/mol. The molecule has 0 spiro atoms. The Kier molecular flexibility index (Phi) is 5.82. The number of aromatic nitrogens is 1. The Bertz CT molecular complexity index is 1210. The van der Waals surface area contributed by atoms with Gasteiger partial charge in [0.05, 0.1) is 36.9 Å². The van der Waals surface area contributed by atoms with Crippen molar-refractivity contribution in [2.75, 3.05) is 12.4 Å². The summed E-state index contributed by atoms with van der Waals surface area (Å²) in [5, 5.41) is 8.97. The summed E-state index contributed by atoms with van der Waals surface area (Å²) in [5.74, 6) is 0.483. The number of nitrogens with zero attached hydrogens (tertiary/aromatic N) is 1. The van der Waals surface area contributed by atoms with Crippen LogP contribution in [0.2, 0.25) is 0 Å². The fourth-order valence-electron chi connectivity index (χ4n) is 2.93. The first-order chi connectivity index (χ1) is 14.5. The molecule has 0 aliphatic heterocycles. The zero-order chi connectivity index (χ0) is 21.1. The maximum absolute atomic E-state index is 12.5. The molecule has 0 radical (unpaired) electrons. The minimum absolute atomic E-state index is 0.0619. The highest BCUT2D eigenvalue weighted by Crippen LogP contribution is 2.31. The van der Waals surface area contributed by atoms with Crippen molar-refractivity contribution in [1.29, 1.82) is 0 Å². The first-order valence-electron chi connectivity index (χ1n) is 9.15. The van der Waals surface area contributed by atoms with Crippen molar-refractivity contribution >= 4 is 50.6 Å². The molecule has 0 unspecified atom stereocenters. The van der Waals surface area contributed by atoms with E-state index in [9.17, 15) is 9.59 Å². The number of fused-ring (bicyclic) bond motifs is 1. The van der Waals surface area contributed by atoms with Crippen LogP contribution >= 0.6 is 22.7 Å². The molecule has 1 aromatic carbocycles. The molecule has 3 aromatic heterocycles. The highest BCUT2D eigenvalue weighted by molar-refractivity contribution is 7.17. The summed E-state index contributed by atoms with van der Waals surface area (Å²) >= 11 is 2.94. The second-order valence-electron chi connectivity index (χ2n) is 6.56. The lowest BCUT2D eigenvalue weighted by molar-refractivity contribution is -0.119. The number of thiazole rings is 1. The van der Waals surface area contributed by atoms with Crippen LogP contribution in [-0.2, 0) is 22.6 Å². The average molecular weight is 442 g/mol. The summed E-state index contributed by atoms with van der Waals surface area (Å²) < 4.78 is 10.7. The molecular formula is C21H19N3O4S2. The quantitative estimate of drug-likeness (QED) is 0.442. The Morgan fingerprint density at radius 3 is 2.90 bits per heavy atom. The van der Waals surface area contributed by atoms with Gasteiger partial charge in [-0.1, -0.05) is 0 Å². The number of furan rings is 1. The maximum atomic E-state index is 12.5. The topological polar surface area (TPSA) is 93.5 Å². The third-order valence-electron chi connectivity index (χ3n) is 4.39. The lowest BCUT2D eigenvalue weighted by atomic mass is 10.1. The highest BCUT2D eigenvalue weighted by atomic mass is 32.1. The van der Waals surface area contributed by atoms with Crippen LogP contribution in [0.5, 0.6) is 5.75 Å². The summed E-state index contributed by atoms with van der Waals surface area (Å²) in [7, 11) is 1.60. The minimum atomic E-state index is -0.160. The Morgan fingerprint density at radius 2 is 2.10 bits per heavy atom. The molecule has 0 fully saturated rings. The van der Waals surface area contributed by atoms with Gasteiger partial charge < -0.3 is 19.8 Å². The SMILES string of the molecule is COc1ccc2c(CC(=O)Nc3nc(-c4ccc(CNC(C)=O)s4)cs3)coc2c1. The van der Waals surface area contributed by atoms with Crippen LogP contribution in [0.4, 0.5) is 5.13 Å². The number of nitrogens with one attached hydrogen (secondary N) is 2. The Labute approximate surface area is 180 Å². The zero-order valence-electron chi connectivity index (χ0n) is 16.4. The summed E-state index contributed by atoms with van der Waals surface area (Å²) in [6.07, 6.45) is 1.79. The van der Waals surface area contributed by atoms with Gasteiger partial charge in [-0.15, -0.1) is 22.7 Å². The molecule has 9 heteroatoms. The van der Waals surface area contributed by atoms with Crippen molar-refractivity contribution in [1.82, 2.24) is 10.3 Å². The van der Waals surface area contributed by atoms with Gasteiger partial charge in [0.2, 0.25) is 11.8 Å². The monoisotopic (exact) mass is 441 g/mol. The number of rotatable bonds is 7. The molecule has 2 amide bonds. The molecule has 3 heterocycles.